The van der Waals surface area contributed by atoms with E-state index in [0.717, 1.165) is 32.5 Å². The highest BCUT2D eigenvalue weighted by atomic mass is 16.5. The molecule has 14 heavy (non-hydrogen) atoms. The molecule has 0 aromatic carbocycles. The topological polar surface area (TPSA) is 32.8 Å². The van der Waals surface area contributed by atoms with E-state index < -0.39 is 0 Å². The standard InChI is InChI=1S/C10H20N2O2/c1-3-11(8-9-14-2)10(13)12-6-4-5-7-12/h3-9H2,1-2H3. The molecule has 0 spiro atoms. The molecule has 0 bridgehead atoms. The van der Waals surface area contributed by atoms with Crippen molar-refractivity contribution in [2.75, 3.05) is 39.9 Å². The van der Waals surface area contributed by atoms with Gasteiger partial charge in [0.1, 0.15) is 0 Å². The van der Waals surface area contributed by atoms with Crippen LogP contribution in [0.3, 0.4) is 0 Å². The molecule has 1 heterocycles. The van der Waals surface area contributed by atoms with E-state index in [1.165, 1.54) is 0 Å². The van der Waals surface area contributed by atoms with E-state index >= 15 is 0 Å². The average molecular weight is 200 g/mol. The summed E-state index contributed by atoms with van der Waals surface area (Å²) in [6.07, 6.45) is 2.29. The van der Waals surface area contributed by atoms with Crippen molar-refractivity contribution in [1.82, 2.24) is 9.80 Å². The molecule has 1 aliphatic rings. The lowest BCUT2D eigenvalue weighted by Crippen LogP contribution is -2.43. The summed E-state index contributed by atoms with van der Waals surface area (Å²) in [6.45, 7) is 5.92. The van der Waals surface area contributed by atoms with Gasteiger partial charge >= 0.3 is 6.03 Å². The molecule has 4 heteroatoms. The van der Waals surface area contributed by atoms with Crippen LogP contribution in [0.15, 0.2) is 0 Å². The van der Waals surface area contributed by atoms with Gasteiger partial charge in [-0.05, 0) is 19.8 Å². The third-order valence-corrected chi connectivity index (χ3v) is 2.59. The fraction of sp³-hybridized carbons (Fsp3) is 0.900. The number of ether oxygens (including phenoxy) is 1. The van der Waals surface area contributed by atoms with Crippen molar-refractivity contribution in [3.8, 4) is 0 Å². The molecule has 0 aromatic heterocycles. The number of likely N-dealkylation sites (tertiary alicyclic amines) is 1. The minimum Gasteiger partial charge on any atom is -0.383 e. The average Bonchev–Trinajstić information content (AvgIpc) is 2.71. The normalized spacial score (nSPS) is 16.0. The molecule has 1 rings (SSSR count). The van der Waals surface area contributed by atoms with Crippen molar-refractivity contribution in [2.45, 2.75) is 19.8 Å². The van der Waals surface area contributed by atoms with Crippen LogP contribution in [0.25, 0.3) is 0 Å². The number of methoxy groups -OCH3 is 1. The third kappa shape index (κ3) is 2.87. The Morgan fingerprint density at radius 3 is 2.57 bits per heavy atom. The third-order valence-electron chi connectivity index (χ3n) is 2.59. The molecule has 0 aliphatic carbocycles. The molecule has 1 fully saturated rings. The van der Waals surface area contributed by atoms with Gasteiger partial charge in [0, 0.05) is 33.3 Å². The van der Waals surface area contributed by atoms with Crippen molar-refractivity contribution in [2.24, 2.45) is 0 Å². The van der Waals surface area contributed by atoms with Crippen LogP contribution in [0.2, 0.25) is 0 Å². The first kappa shape index (κ1) is 11.3. The summed E-state index contributed by atoms with van der Waals surface area (Å²) >= 11 is 0. The molecule has 0 saturated carbocycles. The van der Waals surface area contributed by atoms with Crippen molar-refractivity contribution < 1.29 is 9.53 Å². The molecule has 0 aromatic rings. The Bertz CT molecular complexity index is 179. The zero-order chi connectivity index (χ0) is 10.4. The molecule has 82 valence electrons. The van der Waals surface area contributed by atoms with E-state index in [-0.39, 0.29) is 6.03 Å². The number of carbonyl (C=O) groups is 1. The number of amides is 2. The maximum absolute atomic E-state index is 11.9. The lowest BCUT2D eigenvalue weighted by atomic mass is 10.4. The van der Waals surface area contributed by atoms with Gasteiger partial charge in [0.05, 0.1) is 6.61 Å². The van der Waals surface area contributed by atoms with Crippen LogP contribution in [0, 0.1) is 0 Å². The maximum Gasteiger partial charge on any atom is 0.320 e. The first-order valence-electron chi connectivity index (χ1n) is 5.32. The smallest absolute Gasteiger partial charge is 0.320 e. The Hall–Kier alpha value is -0.770. The van der Waals surface area contributed by atoms with Crippen LogP contribution in [-0.2, 0) is 4.74 Å². The molecule has 0 radical (unpaired) electrons. The van der Waals surface area contributed by atoms with Gasteiger partial charge in [-0.1, -0.05) is 0 Å². The number of urea groups is 1. The minimum absolute atomic E-state index is 0.169. The van der Waals surface area contributed by atoms with Gasteiger partial charge in [0.25, 0.3) is 0 Å². The van der Waals surface area contributed by atoms with Crippen LogP contribution < -0.4 is 0 Å². The zero-order valence-electron chi connectivity index (χ0n) is 9.16. The summed E-state index contributed by atoms with van der Waals surface area (Å²) in [5, 5.41) is 0. The first-order valence-corrected chi connectivity index (χ1v) is 5.32. The Labute approximate surface area is 85.8 Å². The van der Waals surface area contributed by atoms with Crippen molar-refractivity contribution in [3.05, 3.63) is 0 Å². The van der Waals surface area contributed by atoms with E-state index in [0.29, 0.717) is 13.2 Å². The van der Waals surface area contributed by atoms with Gasteiger partial charge in [0.15, 0.2) is 0 Å². The first-order chi connectivity index (χ1) is 6.79. The molecular formula is C10H20N2O2. The number of likely N-dealkylation sites (N-methyl/N-ethyl adjacent to an activating group) is 1. The van der Waals surface area contributed by atoms with Crippen LogP contribution in [0.5, 0.6) is 0 Å². The molecule has 0 unspecified atom stereocenters. The Balaban J connectivity index is 2.37. The van der Waals surface area contributed by atoms with Crippen molar-refractivity contribution >= 4 is 6.03 Å². The predicted molar refractivity (Wildman–Crippen MR) is 55.3 cm³/mol. The van der Waals surface area contributed by atoms with E-state index in [1.54, 1.807) is 7.11 Å². The number of carbonyl (C=O) groups excluding carboxylic acids is 1. The molecule has 1 aliphatic heterocycles. The van der Waals surface area contributed by atoms with E-state index in [1.807, 2.05) is 16.7 Å². The number of rotatable bonds is 4. The lowest BCUT2D eigenvalue weighted by molar-refractivity contribution is 0.133. The van der Waals surface area contributed by atoms with Crippen LogP contribution >= 0.6 is 0 Å². The quantitative estimate of drug-likeness (QED) is 0.682. The molecule has 0 N–H and O–H groups in total. The predicted octanol–water partition coefficient (Wildman–Crippen LogP) is 1.17. The highest BCUT2D eigenvalue weighted by molar-refractivity contribution is 5.74. The second kappa shape index (κ2) is 5.86. The van der Waals surface area contributed by atoms with Crippen molar-refractivity contribution in [3.63, 3.8) is 0 Å². The van der Waals surface area contributed by atoms with E-state index in [4.69, 9.17) is 4.74 Å². The molecule has 0 atom stereocenters. The van der Waals surface area contributed by atoms with Crippen LogP contribution in [0.1, 0.15) is 19.8 Å². The zero-order valence-corrected chi connectivity index (χ0v) is 9.16. The van der Waals surface area contributed by atoms with Gasteiger partial charge in [-0.2, -0.15) is 0 Å². The number of hydrogen-bond donors (Lipinski definition) is 0. The van der Waals surface area contributed by atoms with Crippen molar-refractivity contribution in [1.29, 1.82) is 0 Å². The highest BCUT2D eigenvalue weighted by Gasteiger charge is 2.21. The molecule has 4 nitrogen and oxygen atoms in total. The number of nitrogens with zero attached hydrogens (tertiary/aromatic N) is 2. The monoisotopic (exact) mass is 200 g/mol. The second-order valence-corrected chi connectivity index (χ2v) is 3.55. The van der Waals surface area contributed by atoms with E-state index in [2.05, 4.69) is 0 Å². The fourth-order valence-electron chi connectivity index (χ4n) is 1.70. The molecule has 1 saturated heterocycles. The Morgan fingerprint density at radius 2 is 2.07 bits per heavy atom. The summed E-state index contributed by atoms with van der Waals surface area (Å²) in [4.78, 5) is 15.7. The summed E-state index contributed by atoms with van der Waals surface area (Å²) in [7, 11) is 1.66. The SMILES string of the molecule is CCN(CCOC)C(=O)N1CCCC1. The minimum atomic E-state index is 0.169. The summed E-state index contributed by atoms with van der Waals surface area (Å²) in [6, 6.07) is 0.169. The largest absolute Gasteiger partial charge is 0.383 e. The lowest BCUT2D eigenvalue weighted by Gasteiger charge is -2.26. The molecular weight excluding hydrogens is 180 g/mol. The summed E-state index contributed by atoms with van der Waals surface area (Å²) < 4.78 is 4.97. The van der Waals surface area contributed by atoms with Gasteiger partial charge in [-0.25, -0.2) is 4.79 Å². The summed E-state index contributed by atoms with van der Waals surface area (Å²) in [5.74, 6) is 0. The second-order valence-electron chi connectivity index (χ2n) is 3.55. The van der Waals surface area contributed by atoms with Gasteiger partial charge < -0.3 is 14.5 Å². The molecule has 2 amide bonds. The Morgan fingerprint density at radius 1 is 1.43 bits per heavy atom. The maximum atomic E-state index is 11.9. The van der Waals surface area contributed by atoms with Gasteiger partial charge in [-0.15, -0.1) is 0 Å². The van der Waals surface area contributed by atoms with Crippen LogP contribution in [-0.4, -0.2) is 55.7 Å². The van der Waals surface area contributed by atoms with Crippen LogP contribution in [0.4, 0.5) is 4.79 Å². The van der Waals surface area contributed by atoms with Gasteiger partial charge in [0.2, 0.25) is 0 Å². The fourth-order valence-corrected chi connectivity index (χ4v) is 1.70. The Kier molecular flexibility index (Phi) is 4.73. The summed E-state index contributed by atoms with van der Waals surface area (Å²) in [5.41, 5.74) is 0. The van der Waals surface area contributed by atoms with E-state index in [9.17, 15) is 4.79 Å². The number of hydrogen-bond acceptors (Lipinski definition) is 2. The highest BCUT2D eigenvalue weighted by Crippen LogP contribution is 2.10. The van der Waals surface area contributed by atoms with Gasteiger partial charge in [-0.3, -0.25) is 0 Å².